The summed E-state index contributed by atoms with van der Waals surface area (Å²) in [4.78, 5) is 2.55. The highest BCUT2D eigenvalue weighted by molar-refractivity contribution is 7.99. The predicted molar refractivity (Wildman–Crippen MR) is 76.7 cm³/mol. The van der Waals surface area contributed by atoms with E-state index in [0.717, 1.165) is 18.2 Å². The molecule has 1 saturated heterocycles. The first kappa shape index (κ1) is 15.3. The average molecular weight is 260 g/mol. The van der Waals surface area contributed by atoms with Gasteiger partial charge in [0, 0.05) is 24.9 Å². The van der Waals surface area contributed by atoms with E-state index in [4.69, 9.17) is 10.5 Å². The molecule has 2 N–H and O–H groups in total. The molecule has 0 spiro atoms. The van der Waals surface area contributed by atoms with Crippen LogP contribution >= 0.6 is 11.8 Å². The zero-order valence-corrected chi connectivity index (χ0v) is 12.6. The maximum absolute atomic E-state index is 5.93. The van der Waals surface area contributed by atoms with Crippen LogP contribution in [0.3, 0.4) is 0 Å². The lowest BCUT2D eigenvalue weighted by Crippen LogP contribution is -2.48. The minimum absolute atomic E-state index is 0.0691. The Morgan fingerprint density at radius 3 is 2.41 bits per heavy atom. The Kier molecular flexibility index (Phi) is 6.27. The molecule has 1 fully saturated rings. The molecule has 0 aliphatic carbocycles. The SMILES string of the molecule is COC(C)(C)CC(CN)N1CCC(SC)CC1. The fourth-order valence-corrected chi connectivity index (χ4v) is 3.17. The first-order chi connectivity index (χ1) is 8.02. The van der Waals surface area contributed by atoms with Crippen LogP contribution in [0.4, 0.5) is 0 Å². The first-order valence-electron chi connectivity index (χ1n) is 6.54. The molecule has 3 nitrogen and oxygen atoms in total. The van der Waals surface area contributed by atoms with E-state index in [1.54, 1.807) is 7.11 Å². The number of nitrogens with two attached hydrogens (primary N) is 1. The Labute approximate surface area is 110 Å². The van der Waals surface area contributed by atoms with Crippen molar-refractivity contribution >= 4 is 11.8 Å². The van der Waals surface area contributed by atoms with Gasteiger partial charge >= 0.3 is 0 Å². The second kappa shape index (κ2) is 6.98. The number of hydrogen-bond acceptors (Lipinski definition) is 4. The summed E-state index contributed by atoms with van der Waals surface area (Å²) in [5, 5.41) is 0.847. The molecule has 1 rings (SSSR count). The number of rotatable bonds is 6. The van der Waals surface area contributed by atoms with Crippen molar-refractivity contribution in [2.75, 3.05) is 33.0 Å². The van der Waals surface area contributed by atoms with Gasteiger partial charge in [-0.25, -0.2) is 0 Å². The summed E-state index contributed by atoms with van der Waals surface area (Å²) in [6.07, 6.45) is 5.83. The molecule has 0 amide bonds. The molecule has 0 aromatic rings. The molecule has 17 heavy (non-hydrogen) atoms. The minimum atomic E-state index is -0.0691. The summed E-state index contributed by atoms with van der Waals surface area (Å²) in [5.41, 5.74) is 5.86. The Hall–Kier alpha value is 0.230. The van der Waals surface area contributed by atoms with E-state index >= 15 is 0 Å². The van der Waals surface area contributed by atoms with Crippen LogP contribution in [-0.4, -0.2) is 54.8 Å². The number of likely N-dealkylation sites (tertiary alicyclic amines) is 1. The minimum Gasteiger partial charge on any atom is -0.379 e. The van der Waals surface area contributed by atoms with Crippen LogP contribution in [-0.2, 0) is 4.74 Å². The number of methoxy groups -OCH3 is 1. The third kappa shape index (κ3) is 4.78. The largest absolute Gasteiger partial charge is 0.379 e. The molecule has 0 bridgehead atoms. The number of piperidine rings is 1. The van der Waals surface area contributed by atoms with Crippen molar-refractivity contribution in [3.05, 3.63) is 0 Å². The standard InChI is InChI=1S/C13H28N2OS/c1-13(2,16-3)9-11(10-14)15-7-5-12(17-4)6-8-15/h11-12H,5-10,14H2,1-4H3. The van der Waals surface area contributed by atoms with Crippen LogP contribution in [0.25, 0.3) is 0 Å². The monoisotopic (exact) mass is 260 g/mol. The third-order valence-electron chi connectivity index (χ3n) is 3.88. The highest BCUT2D eigenvalue weighted by Crippen LogP contribution is 2.25. The van der Waals surface area contributed by atoms with Crippen molar-refractivity contribution < 1.29 is 4.74 Å². The van der Waals surface area contributed by atoms with Gasteiger partial charge in [-0.3, -0.25) is 4.90 Å². The summed E-state index contributed by atoms with van der Waals surface area (Å²) >= 11 is 2.00. The molecule has 0 radical (unpaired) electrons. The summed E-state index contributed by atoms with van der Waals surface area (Å²) in [6.45, 7) is 7.39. The molecule has 1 aliphatic heterocycles. The molecule has 1 unspecified atom stereocenters. The zero-order valence-electron chi connectivity index (χ0n) is 11.7. The highest BCUT2D eigenvalue weighted by atomic mass is 32.2. The Morgan fingerprint density at radius 2 is 2.00 bits per heavy atom. The van der Waals surface area contributed by atoms with E-state index in [-0.39, 0.29) is 5.60 Å². The Morgan fingerprint density at radius 1 is 1.41 bits per heavy atom. The van der Waals surface area contributed by atoms with E-state index in [1.807, 2.05) is 11.8 Å². The van der Waals surface area contributed by atoms with Crippen LogP contribution in [0.1, 0.15) is 33.1 Å². The van der Waals surface area contributed by atoms with Gasteiger partial charge in [0.1, 0.15) is 0 Å². The molecule has 102 valence electrons. The van der Waals surface area contributed by atoms with Crippen LogP contribution < -0.4 is 5.73 Å². The van der Waals surface area contributed by atoms with Crippen molar-refractivity contribution in [2.45, 2.75) is 50.0 Å². The van der Waals surface area contributed by atoms with Gasteiger partial charge in [-0.2, -0.15) is 11.8 Å². The van der Waals surface area contributed by atoms with Crippen LogP contribution in [0.15, 0.2) is 0 Å². The summed E-state index contributed by atoms with van der Waals surface area (Å²) in [7, 11) is 1.79. The first-order valence-corrected chi connectivity index (χ1v) is 7.83. The topological polar surface area (TPSA) is 38.5 Å². The quantitative estimate of drug-likeness (QED) is 0.792. The number of nitrogens with zero attached hydrogens (tertiary/aromatic N) is 1. The van der Waals surface area contributed by atoms with Gasteiger partial charge in [-0.1, -0.05) is 0 Å². The second-order valence-electron chi connectivity index (χ2n) is 5.53. The lowest BCUT2D eigenvalue weighted by molar-refractivity contribution is -0.00979. The van der Waals surface area contributed by atoms with E-state index < -0.39 is 0 Å². The Bertz CT molecular complexity index is 215. The van der Waals surface area contributed by atoms with Crippen molar-refractivity contribution in [1.82, 2.24) is 4.90 Å². The van der Waals surface area contributed by atoms with Crippen molar-refractivity contribution in [3.63, 3.8) is 0 Å². The van der Waals surface area contributed by atoms with Crippen molar-refractivity contribution in [1.29, 1.82) is 0 Å². The molecule has 1 heterocycles. The molecule has 4 heteroatoms. The van der Waals surface area contributed by atoms with Crippen molar-refractivity contribution in [2.24, 2.45) is 5.73 Å². The van der Waals surface area contributed by atoms with Crippen molar-refractivity contribution in [3.8, 4) is 0 Å². The van der Waals surface area contributed by atoms with Gasteiger partial charge in [0.25, 0.3) is 0 Å². The number of ether oxygens (including phenoxy) is 1. The van der Waals surface area contributed by atoms with Gasteiger partial charge in [0.05, 0.1) is 5.60 Å². The summed E-state index contributed by atoms with van der Waals surface area (Å²) < 4.78 is 5.52. The maximum Gasteiger partial charge on any atom is 0.0638 e. The highest BCUT2D eigenvalue weighted by Gasteiger charge is 2.29. The molecule has 1 atom stereocenters. The average Bonchev–Trinajstić information content (AvgIpc) is 2.36. The smallest absolute Gasteiger partial charge is 0.0638 e. The van der Waals surface area contributed by atoms with E-state index in [0.29, 0.717) is 6.04 Å². The fourth-order valence-electron chi connectivity index (χ4n) is 2.49. The van der Waals surface area contributed by atoms with Crippen LogP contribution in [0.2, 0.25) is 0 Å². The second-order valence-corrected chi connectivity index (χ2v) is 6.67. The number of thioether (sulfide) groups is 1. The molecule has 0 aromatic carbocycles. The van der Waals surface area contributed by atoms with E-state index in [2.05, 4.69) is 25.0 Å². The maximum atomic E-state index is 5.93. The molecular formula is C13H28N2OS. The van der Waals surface area contributed by atoms with Gasteiger partial charge in [-0.05, 0) is 52.5 Å². The van der Waals surface area contributed by atoms with Gasteiger partial charge < -0.3 is 10.5 Å². The predicted octanol–water partition coefficient (Wildman–Crippen LogP) is 1.96. The van der Waals surface area contributed by atoms with Gasteiger partial charge in [0.15, 0.2) is 0 Å². The third-order valence-corrected chi connectivity index (χ3v) is 5.02. The fraction of sp³-hybridized carbons (Fsp3) is 1.00. The van der Waals surface area contributed by atoms with E-state index in [1.165, 1.54) is 25.9 Å². The molecular weight excluding hydrogens is 232 g/mol. The molecule has 0 aromatic heterocycles. The van der Waals surface area contributed by atoms with Gasteiger partial charge in [-0.15, -0.1) is 0 Å². The van der Waals surface area contributed by atoms with Crippen LogP contribution in [0, 0.1) is 0 Å². The lowest BCUT2D eigenvalue weighted by atomic mass is 9.96. The summed E-state index contributed by atoms with van der Waals surface area (Å²) in [6, 6.07) is 0.466. The normalized spacial score (nSPS) is 21.7. The number of hydrogen-bond donors (Lipinski definition) is 1. The molecule has 0 saturated carbocycles. The zero-order chi connectivity index (χ0) is 12.9. The van der Waals surface area contributed by atoms with E-state index in [9.17, 15) is 0 Å². The Balaban J connectivity index is 2.46. The van der Waals surface area contributed by atoms with Crippen LogP contribution in [0.5, 0.6) is 0 Å². The molecule has 1 aliphatic rings. The van der Waals surface area contributed by atoms with Gasteiger partial charge in [0.2, 0.25) is 0 Å². The summed E-state index contributed by atoms with van der Waals surface area (Å²) in [5.74, 6) is 0. The lowest BCUT2D eigenvalue weighted by Gasteiger charge is -2.39.